The molecular formula is C46H47N5O4. The number of nitrogens with one attached hydrogen (secondary N) is 1. The van der Waals surface area contributed by atoms with Crippen molar-refractivity contribution in [1.82, 2.24) is 5.32 Å². The molecule has 9 nitrogen and oxygen atoms in total. The standard InChI is InChI=1S/C22H20N2O3.C20H16N2O.C4H11N/c1-25-20-13-12-19(14-21(20)26-2)27-15-16-8-10-18(11-9-16)22(24-23)17-6-4-3-5-7-17;21-22-20(17-7-3-1-4-8-17)18-13-11-16(12-14-18)15-23-19-9-5-2-6-10-19;1-3-5-4-2/h3-14H,15H2,1-2H3;1-14H,15H2;5H,3-4H2,1-2H3. The van der Waals surface area contributed by atoms with Gasteiger partial charge in [0, 0.05) is 6.07 Å². The fourth-order valence-corrected chi connectivity index (χ4v) is 5.28. The highest BCUT2D eigenvalue weighted by molar-refractivity contribution is 6.09. The molecule has 0 saturated heterocycles. The highest BCUT2D eigenvalue weighted by Gasteiger charge is 2.16. The monoisotopic (exact) mass is 733 g/mol. The lowest BCUT2D eigenvalue weighted by molar-refractivity contribution is -0.00323. The SMILES string of the molecule is CCNCC.COc1ccc(OCc2ccc(C(=[N+]=[N-])c3ccccc3)cc2)cc1OC.[N-]=[N+]=C(c1ccccc1)c1ccc(COc2ccccc2)cc1. The molecule has 55 heavy (non-hydrogen) atoms. The molecule has 0 aliphatic rings. The summed E-state index contributed by atoms with van der Waals surface area (Å²) in [6.45, 7) is 7.30. The van der Waals surface area contributed by atoms with Crippen LogP contribution in [0.4, 0.5) is 0 Å². The van der Waals surface area contributed by atoms with Gasteiger partial charge in [0.25, 0.3) is 0 Å². The number of benzene rings is 6. The number of para-hydroxylation sites is 1. The van der Waals surface area contributed by atoms with Gasteiger partial charge in [0.05, 0.1) is 36.5 Å². The molecule has 0 aliphatic carbocycles. The van der Waals surface area contributed by atoms with E-state index in [1.54, 1.807) is 26.4 Å². The van der Waals surface area contributed by atoms with Gasteiger partial charge in [-0.15, -0.1) is 0 Å². The number of ether oxygens (including phenoxy) is 4. The molecule has 0 aromatic heterocycles. The summed E-state index contributed by atoms with van der Waals surface area (Å²) in [7, 11) is 3.19. The second kappa shape index (κ2) is 23.0. The van der Waals surface area contributed by atoms with Gasteiger partial charge in [-0.05, 0) is 97.0 Å². The Morgan fingerprint density at radius 3 is 1.25 bits per heavy atom. The predicted octanol–water partition coefficient (Wildman–Crippen LogP) is 9.30. The summed E-state index contributed by atoms with van der Waals surface area (Å²) in [5, 5.41) is 3.11. The van der Waals surface area contributed by atoms with Gasteiger partial charge in [0.2, 0.25) is 0 Å². The van der Waals surface area contributed by atoms with Gasteiger partial charge in [-0.3, -0.25) is 0 Å². The van der Waals surface area contributed by atoms with E-state index in [9.17, 15) is 11.1 Å². The van der Waals surface area contributed by atoms with E-state index in [1.165, 1.54) is 0 Å². The van der Waals surface area contributed by atoms with E-state index < -0.39 is 0 Å². The summed E-state index contributed by atoms with van der Waals surface area (Å²) in [5.41, 5.74) is 25.3. The van der Waals surface area contributed by atoms with Crippen molar-refractivity contribution in [2.75, 3.05) is 27.3 Å². The number of methoxy groups -OCH3 is 2. The number of hydrogen-bond acceptors (Lipinski definition) is 5. The smallest absolute Gasteiger partial charge is 0.329 e. The Hall–Kier alpha value is -6.76. The van der Waals surface area contributed by atoms with E-state index in [2.05, 4.69) is 28.7 Å². The molecule has 0 amide bonds. The van der Waals surface area contributed by atoms with E-state index in [-0.39, 0.29) is 0 Å². The summed E-state index contributed by atoms with van der Waals surface area (Å²) in [6, 6.07) is 49.9. The maximum atomic E-state index is 9.39. The lowest BCUT2D eigenvalue weighted by Gasteiger charge is -2.11. The van der Waals surface area contributed by atoms with Crippen molar-refractivity contribution in [3.05, 3.63) is 202 Å². The molecule has 6 aromatic rings. The van der Waals surface area contributed by atoms with E-state index in [0.717, 1.165) is 52.2 Å². The second-order valence-corrected chi connectivity index (χ2v) is 11.9. The van der Waals surface area contributed by atoms with Crippen molar-refractivity contribution >= 4 is 11.4 Å². The molecule has 0 atom stereocenters. The third-order valence-corrected chi connectivity index (χ3v) is 8.16. The molecule has 0 saturated carbocycles. The molecule has 1 N–H and O–H groups in total. The van der Waals surface area contributed by atoms with Crippen LogP contribution in [0, 0.1) is 0 Å². The Balaban J connectivity index is 0.000000220. The molecule has 6 rings (SSSR count). The summed E-state index contributed by atoms with van der Waals surface area (Å²) in [5.74, 6) is 2.82. The lowest BCUT2D eigenvalue weighted by atomic mass is 10.0. The Labute approximate surface area is 324 Å². The first-order chi connectivity index (χ1) is 27.0. The van der Waals surface area contributed by atoms with E-state index in [0.29, 0.717) is 41.9 Å². The minimum Gasteiger partial charge on any atom is -0.493 e. The van der Waals surface area contributed by atoms with Gasteiger partial charge in [-0.25, -0.2) is 0 Å². The van der Waals surface area contributed by atoms with Crippen molar-refractivity contribution < 1.29 is 28.5 Å². The van der Waals surface area contributed by atoms with Gasteiger partial charge in [0.15, 0.2) is 11.5 Å². The van der Waals surface area contributed by atoms with Crippen LogP contribution in [0.15, 0.2) is 158 Å². The fourth-order valence-electron chi connectivity index (χ4n) is 5.28. The highest BCUT2D eigenvalue weighted by atomic mass is 16.5. The Bertz CT molecular complexity index is 2110. The van der Waals surface area contributed by atoms with Crippen molar-refractivity contribution in [3.8, 4) is 23.0 Å². The molecule has 9 heteroatoms. The predicted molar refractivity (Wildman–Crippen MR) is 218 cm³/mol. The molecule has 0 radical (unpaired) electrons. The third-order valence-electron chi connectivity index (χ3n) is 8.16. The van der Waals surface area contributed by atoms with Gasteiger partial charge in [-0.2, -0.15) is 9.58 Å². The van der Waals surface area contributed by atoms with Gasteiger partial charge in [0.1, 0.15) is 24.7 Å². The van der Waals surface area contributed by atoms with Gasteiger partial charge < -0.3 is 35.3 Å². The molecule has 0 spiro atoms. The van der Waals surface area contributed by atoms with Crippen LogP contribution in [0.2, 0.25) is 0 Å². The topological polar surface area (TPSA) is 122 Å². The van der Waals surface area contributed by atoms with Gasteiger partial charge in [-0.1, -0.05) is 92.7 Å². The minimum atomic E-state index is 0.409. The second-order valence-electron chi connectivity index (χ2n) is 11.9. The van der Waals surface area contributed by atoms with Crippen LogP contribution in [0.5, 0.6) is 23.0 Å². The zero-order chi connectivity index (χ0) is 39.1. The van der Waals surface area contributed by atoms with Crippen LogP contribution in [-0.4, -0.2) is 48.3 Å². The average Bonchev–Trinajstić information content (AvgIpc) is 3.25. The maximum absolute atomic E-state index is 9.39. The first-order valence-electron chi connectivity index (χ1n) is 18.0. The molecule has 0 unspecified atom stereocenters. The van der Waals surface area contributed by atoms with Crippen LogP contribution in [0.25, 0.3) is 11.1 Å². The average molecular weight is 734 g/mol. The van der Waals surface area contributed by atoms with Crippen molar-refractivity contribution in [2.24, 2.45) is 0 Å². The zero-order valence-electron chi connectivity index (χ0n) is 31.8. The van der Waals surface area contributed by atoms with Crippen LogP contribution in [0.1, 0.15) is 47.2 Å². The van der Waals surface area contributed by atoms with Crippen molar-refractivity contribution in [1.29, 1.82) is 0 Å². The Kier molecular flexibility index (Phi) is 17.2. The van der Waals surface area contributed by atoms with Crippen LogP contribution in [0.3, 0.4) is 0 Å². The maximum Gasteiger partial charge on any atom is 0.329 e. The Morgan fingerprint density at radius 2 is 0.873 bits per heavy atom. The van der Waals surface area contributed by atoms with Crippen molar-refractivity contribution in [2.45, 2.75) is 27.1 Å². The minimum absolute atomic E-state index is 0.409. The first kappa shape index (κ1) is 41.0. The molecule has 0 aliphatic heterocycles. The lowest BCUT2D eigenvalue weighted by Crippen LogP contribution is -2.09. The summed E-state index contributed by atoms with van der Waals surface area (Å²) >= 11 is 0. The van der Waals surface area contributed by atoms with Crippen LogP contribution < -0.4 is 24.3 Å². The van der Waals surface area contributed by atoms with Crippen molar-refractivity contribution in [3.63, 3.8) is 0 Å². The normalized spacial score (nSPS) is 9.82. The highest BCUT2D eigenvalue weighted by Crippen LogP contribution is 2.31. The summed E-state index contributed by atoms with van der Waals surface area (Å²) in [6.07, 6.45) is 0. The number of nitrogens with zero attached hydrogens (tertiary/aromatic N) is 4. The molecule has 0 heterocycles. The zero-order valence-corrected chi connectivity index (χ0v) is 31.8. The van der Waals surface area contributed by atoms with Crippen LogP contribution >= 0.6 is 0 Å². The van der Waals surface area contributed by atoms with Gasteiger partial charge >= 0.3 is 11.4 Å². The largest absolute Gasteiger partial charge is 0.493 e. The third kappa shape index (κ3) is 13.0. The molecule has 6 aromatic carbocycles. The summed E-state index contributed by atoms with van der Waals surface area (Å²) < 4.78 is 22.1. The van der Waals surface area contributed by atoms with Crippen LogP contribution in [-0.2, 0) is 13.2 Å². The van der Waals surface area contributed by atoms with E-state index in [1.807, 2.05) is 146 Å². The number of hydrogen-bond donors (Lipinski definition) is 1. The molecule has 280 valence electrons. The van der Waals surface area contributed by atoms with E-state index in [4.69, 9.17) is 18.9 Å². The molecular weight excluding hydrogens is 687 g/mol. The Morgan fingerprint density at radius 1 is 0.473 bits per heavy atom. The molecule has 0 fully saturated rings. The fraction of sp³-hybridized carbons (Fsp3) is 0.174. The summed E-state index contributed by atoms with van der Waals surface area (Å²) in [4.78, 5) is 6.88. The first-order valence-corrected chi connectivity index (χ1v) is 18.0. The van der Waals surface area contributed by atoms with E-state index >= 15 is 0 Å². The number of rotatable bonds is 14. The molecule has 0 bridgehead atoms. The quantitative estimate of drug-likeness (QED) is 0.0680.